The number of carbonyl (C=O) groups excluding carboxylic acids is 3. The lowest BCUT2D eigenvalue weighted by atomic mass is 10.0. The quantitative estimate of drug-likeness (QED) is 0.0262. The average molecular weight is 891 g/mol. The number of hydrogen-bond donors (Lipinski definition) is 0. The lowest BCUT2D eigenvalue weighted by Gasteiger charge is -2.18. The van der Waals surface area contributed by atoms with Gasteiger partial charge in [-0.1, -0.05) is 247 Å². The molecule has 1 unspecified atom stereocenters. The Balaban J connectivity index is 4.45. The summed E-state index contributed by atoms with van der Waals surface area (Å²) in [4.78, 5) is 38.0. The zero-order chi connectivity index (χ0) is 46.5. The van der Waals surface area contributed by atoms with Crippen LogP contribution in [0.15, 0.2) is 85.1 Å². The molecule has 0 fully saturated rings. The van der Waals surface area contributed by atoms with Crippen LogP contribution >= 0.6 is 0 Å². The van der Waals surface area contributed by atoms with Gasteiger partial charge in [-0.25, -0.2) is 0 Å². The molecule has 6 nitrogen and oxygen atoms in total. The molecule has 6 heteroatoms. The van der Waals surface area contributed by atoms with E-state index in [4.69, 9.17) is 14.2 Å². The van der Waals surface area contributed by atoms with Gasteiger partial charge in [0, 0.05) is 19.3 Å². The Morgan fingerprint density at radius 1 is 0.328 bits per heavy atom. The summed E-state index contributed by atoms with van der Waals surface area (Å²) >= 11 is 0. The molecule has 0 aromatic heterocycles. The Morgan fingerprint density at radius 2 is 0.609 bits per heavy atom. The molecule has 0 aliphatic heterocycles. The summed E-state index contributed by atoms with van der Waals surface area (Å²) in [6, 6.07) is 0. The van der Waals surface area contributed by atoms with Crippen LogP contribution < -0.4 is 0 Å². The Bertz CT molecular complexity index is 1250. The molecule has 1 atom stereocenters. The molecule has 0 radical (unpaired) electrons. The predicted molar refractivity (Wildman–Crippen MR) is 274 cm³/mol. The fourth-order valence-corrected chi connectivity index (χ4v) is 7.28. The normalized spacial score (nSPS) is 12.7. The highest BCUT2D eigenvalue weighted by Gasteiger charge is 2.19. The molecule has 0 bridgehead atoms. The zero-order valence-electron chi connectivity index (χ0n) is 41.8. The van der Waals surface area contributed by atoms with Crippen molar-refractivity contribution in [1.82, 2.24) is 0 Å². The molecular weight excluding hydrogens is 793 g/mol. The van der Waals surface area contributed by atoms with Crippen LogP contribution in [-0.2, 0) is 28.6 Å². The first kappa shape index (κ1) is 60.6. The number of carbonyl (C=O) groups is 3. The van der Waals surface area contributed by atoms with Crippen molar-refractivity contribution < 1.29 is 28.6 Å². The van der Waals surface area contributed by atoms with Crippen molar-refractivity contribution in [2.75, 3.05) is 13.2 Å². The van der Waals surface area contributed by atoms with Crippen molar-refractivity contribution in [3.63, 3.8) is 0 Å². The number of ether oxygens (including phenoxy) is 3. The van der Waals surface area contributed by atoms with Crippen molar-refractivity contribution in [2.24, 2.45) is 0 Å². The van der Waals surface area contributed by atoms with E-state index in [0.29, 0.717) is 19.3 Å². The number of allylic oxidation sites excluding steroid dienone is 14. The lowest BCUT2D eigenvalue weighted by molar-refractivity contribution is -0.167. The van der Waals surface area contributed by atoms with Crippen LogP contribution in [0.3, 0.4) is 0 Å². The third-order valence-electron chi connectivity index (χ3n) is 11.3. The minimum Gasteiger partial charge on any atom is -0.462 e. The summed E-state index contributed by atoms with van der Waals surface area (Å²) in [6.45, 7) is 6.44. The highest BCUT2D eigenvalue weighted by Crippen LogP contribution is 2.15. The molecular formula is C58H98O6. The molecule has 366 valence electrons. The summed E-state index contributed by atoms with van der Waals surface area (Å²) in [5.41, 5.74) is 0. The van der Waals surface area contributed by atoms with Gasteiger partial charge in [-0.05, 0) is 64.2 Å². The van der Waals surface area contributed by atoms with Gasteiger partial charge < -0.3 is 14.2 Å². The van der Waals surface area contributed by atoms with E-state index >= 15 is 0 Å². The molecule has 0 aliphatic rings. The van der Waals surface area contributed by atoms with Crippen molar-refractivity contribution >= 4 is 17.9 Å². The molecule has 0 heterocycles. The summed E-state index contributed by atoms with van der Waals surface area (Å²) in [5.74, 6) is -0.932. The van der Waals surface area contributed by atoms with E-state index < -0.39 is 6.10 Å². The second kappa shape index (κ2) is 52.2. The van der Waals surface area contributed by atoms with Gasteiger partial charge in [0.2, 0.25) is 0 Å². The molecule has 0 aliphatic carbocycles. The second-order valence-corrected chi connectivity index (χ2v) is 17.6. The van der Waals surface area contributed by atoms with E-state index in [1.165, 1.54) is 96.3 Å². The average Bonchev–Trinajstić information content (AvgIpc) is 3.29. The largest absolute Gasteiger partial charge is 0.462 e. The molecule has 0 saturated heterocycles. The summed E-state index contributed by atoms with van der Waals surface area (Å²) in [5, 5.41) is 0. The van der Waals surface area contributed by atoms with Gasteiger partial charge in [-0.2, -0.15) is 0 Å². The molecule has 0 saturated carbocycles. The Labute approximate surface area is 395 Å². The number of hydrogen-bond acceptors (Lipinski definition) is 6. The topological polar surface area (TPSA) is 78.9 Å². The highest BCUT2D eigenvalue weighted by atomic mass is 16.6. The molecule has 0 spiro atoms. The van der Waals surface area contributed by atoms with Crippen LogP contribution in [0.5, 0.6) is 0 Å². The molecule has 0 amide bonds. The van der Waals surface area contributed by atoms with Crippen molar-refractivity contribution in [3.8, 4) is 0 Å². The zero-order valence-corrected chi connectivity index (χ0v) is 41.8. The van der Waals surface area contributed by atoms with Crippen molar-refractivity contribution in [2.45, 2.75) is 252 Å². The van der Waals surface area contributed by atoms with E-state index in [2.05, 4.69) is 106 Å². The lowest BCUT2D eigenvalue weighted by Crippen LogP contribution is -2.30. The van der Waals surface area contributed by atoms with E-state index in [1.54, 1.807) is 0 Å². The minimum absolute atomic E-state index is 0.0940. The van der Waals surface area contributed by atoms with Crippen LogP contribution in [0.25, 0.3) is 0 Å². The van der Waals surface area contributed by atoms with Crippen molar-refractivity contribution in [3.05, 3.63) is 85.1 Å². The Morgan fingerprint density at radius 3 is 0.984 bits per heavy atom. The molecule has 0 aromatic rings. The first-order chi connectivity index (χ1) is 31.5. The van der Waals surface area contributed by atoms with Crippen LogP contribution in [0.1, 0.15) is 245 Å². The molecule has 0 rings (SSSR count). The fourth-order valence-electron chi connectivity index (χ4n) is 7.28. The predicted octanol–water partition coefficient (Wildman–Crippen LogP) is 17.6. The minimum atomic E-state index is -0.793. The second-order valence-electron chi connectivity index (χ2n) is 17.6. The standard InChI is InChI=1S/C58H98O6/c1-4-7-10-13-16-19-22-25-27-28-29-31-33-36-39-42-45-48-51-57(60)63-54-55(53-62-56(59)50-47-44-41-38-35-32-24-21-18-15-12-9-6-3)64-58(61)52-49-46-43-40-37-34-30-26-23-20-17-14-11-8-5-2/h9,12,15-16,18-19,21-22,24-25,27-29,31,55H,4-8,10-11,13-14,17,20,23,26,30,32-54H2,1-3H3/b12-9-,18-15-,19-16-,24-21-,25-22-,28-27-,31-29-. The van der Waals surface area contributed by atoms with Crippen LogP contribution in [0.2, 0.25) is 0 Å². The van der Waals surface area contributed by atoms with Gasteiger partial charge in [0.25, 0.3) is 0 Å². The summed E-state index contributed by atoms with van der Waals surface area (Å²) < 4.78 is 16.8. The first-order valence-electron chi connectivity index (χ1n) is 26.7. The van der Waals surface area contributed by atoms with Crippen LogP contribution in [0, 0.1) is 0 Å². The SMILES string of the molecule is CC\C=C/C=C\C=C/CCCCCCCC(=O)OCC(COC(=O)CCCCCCC\C=C/C=C\C=C/C=C\CCCCC)OC(=O)CCCCCCCCCCCCCCCCC. The summed E-state index contributed by atoms with van der Waals surface area (Å²) in [6.07, 6.45) is 67.0. The van der Waals surface area contributed by atoms with E-state index in [-0.39, 0.29) is 31.1 Å². The monoisotopic (exact) mass is 891 g/mol. The van der Waals surface area contributed by atoms with E-state index in [9.17, 15) is 14.4 Å². The van der Waals surface area contributed by atoms with Gasteiger partial charge in [-0.15, -0.1) is 0 Å². The number of esters is 3. The molecule has 0 aromatic carbocycles. The van der Waals surface area contributed by atoms with E-state index in [1.807, 2.05) is 0 Å². The van der Waals surface area contributed by atoms with Gasteiger partial charge in [0.05, 0.1) is 0 Å². The van der Waals surface area contributed by atoms with Gasteiger partial charge >= 0.3 is 17.9 Å². The maximum absolute atomic E-state index is 12.8. The Kier molecular flexibility index (Phi) is 49.4. The number of unbranched alkanes of at least 4 members (excludes halogenated alkanes) is 27. The maximum atomic E-state index is 12.8. The van der Waals surface area contributed by atoms with Gasteiger partial charge in [-0.3, -0.25) is 14.4 Å². The van der Waals surface area contributed by atoms with Gasteiger partial charge in [0.15, 0.2) is 6.10 Å². The Hall–Kier alpha value is -3.41. The third kappa shape index (κ3) is 49.6. The highest BCUT2D eigenvalue weighted by molar-refractivity contribution is 5.71. The first-order valence-corrected chi connectivity index (χ1v) is 26.7. The maximum Gasteiger partial charge on any atom is 0.306 e. The molecule has 64 heavy (non-hydrogen) atoms. The fraction of sp³-hybridized carbons (Fsp3) is 0.707. The number of rotatable bonds is 47. The van der Waals surface area contributed by atoms with E-state index in [0.717, 1.165) is 109 Å². The van der Waals surface area contributed by atoms with Crippen LogP contribution in [0.4, 0.5) is 0 Å². The smallest absolute Gasteiger partial charge is 0.306 e. The van der Waals surface area contributed by atoms with Crippen LogP contribution in [-0.4, -0.2) is 37.2 Å². The third-order valence-corrected chi connectivity index (χ3v) is 11.3. The van der Waals surface area contributed by atoms with Crippen molar-refractivity contribution in [1.29, 1.82) is 0 Å². The van der Waals surface area contributed by atoms with Gasteiger partial charge in [0.1, 0.15) is 13.2 Å². The molecule has 0 N–H and O–H groups in total. The summed E-state index contributed by atoms with van der Waals surface area (Å²) in [7, 11) is 0.